The Kier molecular flexibility index (Phi) is 5.30. The van der Waals surface area contributed by atoms with Gasteiger partial charge in [0.25, 0.3) is 0 Å². The van der Waals surface area contributed by atoms with Gasteiger partial charge in [-0.3, -0.25) is 0 Å². The zero-order valence-electron chi connectivity index (χ0n) is 7.61. The summed E-state index contributed by atoms with van der Waals surface area (Å²) < 4.78 is 5.56. The number of rotatable bonds is 5. The van der Waals surface area contributed by atoms with E-state index in [2.05, 4.69) is 19.6 Å². The van der Waals surface area contributed by atoms with Crippen LogP contribution in [0.2, 0.25) is 25.7 Å². The lowest BCUT2D eigenvalue weighted by molar-refractivity contribution is 0.385. The number of hydrogen-bond donors (Lipinski definition) is 0. The molecule has 10 heavy (non-hydrogen) atoms. The standard InChI is InChI=1S/C7H19OSi2/c1-10(2,3)8-6-4-5-7-9/h6H,4-5,7H2,1-3,9H3. The van der Waals surface area contributed by atoms with Gasteiger partial charge < -0.3 is 4.43 Å². The lowest BCUT2D eigenvalue weighted by atomic mass is 10.4. The highest BCUT2D eigenvalue weighted by molar-refractivity contribution is 6.69. The molecular formula is C7H19OSi2. The monoisotopic (exact) mass is 175 g/mol. The van der Waals surface area contributed by atoms with Crippen LogP contribution in [0.25, 0.3) is 0 Å². The van der Waals surface area contributed by atoms with Crippen LogP contribution in [0.1, 0.15) is 12.8 Å². The van der Waals surface area contributed by atoms with Gasteiger partial charge in [0.05, 0.1) is 6.61 Å². The zero-order chi connectivity index (χ0) is 8.04. The van der Waals surface area contributed by atoms with Crippen LogP contribution in [0, 0.1) is 6.61 Å². The molecule has 0 aromatic carbocycles. The third-order valence-electron chi connectivity index (χ3n) is 1.11. The summed E-state index contributed by atoms with van der Waals surface area (Å²) in [7, 11) is 0.0794. The quantitative estimate of drug-likeness (QED) is 0.455. The summed E-state index contributed by atoms with van der Waals surface area (Å²) in [6.07, 6.45) is 2.46. The fourth-order valence-electron chi connectivity index (χ4n) is 0.596. The predicted octanol–water partition coefficient (Wildman–Crippen LogP) is 1.56. The zero-order valence-corrected chi connectivity index (χ0v) is 10.6. The van der Waals surface area contributed by atoms with E-state index in [1.165, 1.54) is 22.7 Å². The van der Waals surface area contributed by atoms with Gasteiger partial charge in [-0.15, -0.1) is 0 Å². The molecule has 1 radical (unpaired) electrons. The fraction of sp³-hybridized carbons (Fsp3) is 0.857. The highest BCUT2D eigenvalue weighted by atomic mass is 28.4. The molecule has 0 unspecified atom stereocenters. The van der Waals surface area contributed by atoms with Crippen molar-refractivity contribution in [3.8, 4) is 0 Å². The molecule has 61 valence electrons. The summed E-state index contributed by atoms with van der Waals surface area (Å²) >= 11 is 0. The van der Waals surface area contributed by atoms with Gasteiger partial charge in [0.1, 0.15) is 0 Å². The molecule has 0 spiro atoms. The number of hydrogen-bond acceptors (Lipinski definition) is 1. The van der Waals surface area contributed by atoms with Gasteiger partial charge in [-0.2, -0.15) is 0 Å². The smallest absolute Gasteiger partial charge is 0.184 e. The van der Waals surface area contributed by atoms with Crippen LogP contribution in [0.3, 0.4) is 0 Å². The normalized spacial score (nSPS) is 12.3. The molecule has 0 saturated heterocycles. The summed E-state index contributed by atoms with van der Waals surface area (Å²) in [5, 5.41) is 0. The Bertz CT molecular complexity index is 78.2. The van der Waals surface area contributed by atoms with Gasteiger partial charge in [0, 0.05) is 10.2 Å². The number of unbranched alkanes of at least 4 members (excludes halogenated alkanes) is 1. The van der Waals surface area contributed by atoms with Gasteiger partial charge in [0.15, 0.2) is 8.32 Å². The summed E-state index contributed by atoms with van der Waals surface area (Å²) in [4.78, 5) is 0. The van der Waals surface area contributed by atoms with E-state index in [0.717, 1.165) is 6.42 Å². The van der Waals surface area contributed by atoms with Crippen LogP contribution in [-0.4, -0.2) is 18.6 Å². The van der Waals surface area contributed by atoms with Gasteiger partial charge in [-0.1, -0.05) is 12.5 Å². The van der Waals surface area contributed by atoms with Crippen molar-refractivity contribution in [1.82, 2.24) is 0 Å². The summed E-state index contributed by atoms with van der Waals surface area (Å²) in [6.45, 7) is 8.64. The first-order chi connectivity index (χ1) is 4.56. The maximum atomic E-state index is 5.56. The average Bonchev–Trinajstić information content (AvgIpc) is 1.78. The minimum absolute atomic E-state index is 1.15. The highest BCUT2D eigenvalue weighted by Gasteiger charge is 2.12. The van der Waals surface area contributed by atoms with Crippen LogP contribution >= 0.6 is 0 Å². The second kappa shape index (κ2) is 5.10. The Morgan fingerprint density at radius 2 is 2.00 bits per heavy atom. The Balaban J connectivity index is 3.04. The van der Waals surface area contributed by atoms with E-state index in [1.807, 2.05) is 6.61 Å². The van der Waals surface area contributed by atoms with Crippen molar-refractivity contribution in [1.29, 1.82) is 0 Å². The molecule has 0 N–H and O–H groups in total. The molecule has 0 atom stereocenters. The first-order valence-corrected chi connectivity index (χ1v) is 8.88. The fourth-order valence-corrected chi connectivity index (χ4v) is 1.62. The molecular weight excluding hydrogens is 156 g/mol. The van der Waals surface area contributed by atoms with Crippen LogP contribution in [0.5, 0.6) is 0 Å². The average molecular weight is 175 g/mol. The minimum atomic E-state index is -1.25. The van der Waals surface area contributed by atoms with Crippen LogP contribution in [0.4, 0.5) is 0 Å². The largest absolute Gasteiger partial charge is 0.412 e. The molecule has 1 nitrogen and oxygen atoms in total. The first-order valence-electron chi connectivity index (χ1n) is 4.06. The van der Waals surface area contributed by atoms with Crippen molar-refractivity contribution in [2.75, 3.05) is 0 Å². The molecule has 0 heterocycles. The van der Waals surface area contributed by atoms with Gasteiger partial charge in [0.2, 0.25) is 0 Å². The van der Waals surface area contributed by atoms with Gasteiger partial charge in [-0.05, 0) is 26.1 Å². The second-order valence-corrected chi connectivity index (χ2v) is 9.00. The Labute approximate surface area is 68.7 Å². The molecule has 0 rings (SSSR count). The molecule has 0 aromatic heterocycles. The molecule has 0 aliphatic heterocycles. The van der Waals surface area contributed by atoms with Crippen LogP contribution in [0.15, 0.2) is 0 Å². The minimum Gasteiger partial charge on any atom is -0.412 e. The molecule has 0 aromatic rings. The van der Waals surface area contributed by atoms with Gasteiger partial charge in [-0.25, -0.2) is 0 Å². The van der Waals surface area contributed by atoms with E-state index in [1.54, 1.807) is 0 Å². The lowest BCUT2D eigenvalue weighted by Crippen LogP contribution is -2.23. The molecule has 0 saturated carbocycles. The maximum Gasteiger partial charge on any atom is 0.184 e. The second-order valence-electron chi connectivity index (χ2n) is 3.54. The van der Waals surface area contributed by atoms with Crippen molar-refractivity contribution in [3.05, 3.63) is 6.61 Å². The maximum absolute atomic E-state index is 5.56. The Hall–Kier alpha value is 0.394. The van der Waals surface area contributed by atoms with Crippen LogP contribution < -0.4 is 0 Å². The Morgan fingerprint density at radius 1 is 1.40 bits per heavy atom. The van der Waals surface area contributed by atoms with Crippen LogP contribution in [-0.2, 0) is 4.43 Å². The summed E-state index contributed by atoms with van der Waals surface area (Å²) in [6, 6.07) is 1.39. The summed E-state index contributed by atoms with van der Waals surface area (Å²) in [5.41, 5.74) is 0. The third-order valence-corrected chi connectivity index (χ3v) is 2.69. The van der Waals surface area contributed by atoms with E-state index < -0.39 is 8.32 Å². The lowest BCUT2D eigenvalue weighted by Gasteiger charge is -2.15. The molecule has 0 amide bonds. The molecule has 0 fully saturated rings. The Morgan fingerprint density at radius 3 is 2.40 bits per heavy atom. The van der Waals surface area contributed by atoms with E-state index in [4.69, 9.17) is 4.43 Å². The van der Waals surface area contributed by atoms with Gasteiger partial charge >= 0.3 is 0 Å². The van der Waals surface area contributed by atoms with E-state index >= 15 is 0 Å². The summed E-state index contributed by atoms with van der Waals surface area (Å²) in [5.74, 6) is 0. The SMILES string of the molecule is C[Si](C)(C)O[CH]CCC[SiH3]. The van der Waals surface area contributed by atoms with Crippen molar-refractivity contribution in [2.24, 2.45) is 0 Å². The third kappa shape index (κ3) is 8.39. The highest BCUT2D eigenvalue weighted by Crippen LogP contribution is 2.07. The first kappa shape index (κ1) is 10.4. The predicted molar refractivity (Wildman–Crippen MR) is 52.7 cm³/mol. The molecule has 3 heteroatoms. The molecule has 0 bridgehead atoms. The van der Waals surface area contributed by atoms with E-state index in [-0.39, 0.29) is 0 Å². The van der Waals surface area contributed by atoms with Crippen molar-refractivity contribution in [3.63, 3.8) is 0 Å². The molecule has 0 aliphatic carbocycles. The van der Waals surface area contributed by atoms with Crippen molar-refractivity contribution < 1.29 is 4.43 Å². The van der Waals surface area contributed by atoms with E-state index in [0.29, 0.717) is 0 Å². The molecule has 0 aliphatic rings. The van der Waals surface area contributed by atoms with Crippen molar-refractivity contribution in [2.45, 2.75) is 38.5 Å². The topological polar surface area (TPSA) is 9.23 Å². The van der Waals surface area contributed by atoms with Crippen molar-refractivity contribution >= 4 is 18.6 Å². The van der Waals surface area contributed by atoms with E-state index in [9.17, 15) is 0 Å².